The molecule has 1 heterocycles. The van der Waals surface area contributed by atoms with Crippen LogP contribution in [0.1, 0.15) is 5.56 Å². The van der Waals surface area contributed by atoms with Crippen LogP contribution >= 0.6 is 15.9 Å². The molecule has 2 nitrogen and oxygen atoms in total. The van der Waals surface area contributed by atoms with Crippen molar-refractivity contribution in [1.82, 2.24) is 4.98 Å². The summed E-state index contributed by atoms with van der Waals surface area (Å²) < 4.78 is 56.9. The molecule has 100 valence electrons. The predicted octanol–water partition coefficient (Wildman–Crippen LogP) is 4.79. The van der Waals surface area contributed by atoms with Crippen LogP contribution < -0.4 is 4.74 Å². The van der Waals surface area contributed by atoms with E-state index in [4.69, 9.17) is 4.74 Å². The lowest BCUT2D eigenvalue weighted by Crippen LogP contribution is -2.08. The lowest BCUT2D eigenvalue weighted by Gasteiger charge is -2.12. The zero-order valence-corrected chi connectivity index (χ0v) is 10.8. The maximum atomic E-state index is 13.4. The molecule has 0 aliphatic carbocycles. The van der Waals surface area contributed by atoms with Gasteiger partial charge < -0.3 is 4.74 Å². The van der Waals surface area contributed by atoms with Crippen molar-refractivity contribution >= 4 is 15.9 Å². The number of alkyl halides is 3. The third-order valence-electron chi connectivity index (χ3n) is 2.18. The van der Waals surface area contributed by atoms with Crippen molar-refractivity contribution < 1.29 is 22.3 Å². The SMILES string of the molecule is Fc1ccc(Br)cc1Oc1ncccc1C(F)(F)F. The monoisotopic (exact) mass is 335 g/mol. The largest absolute Gasteiger partial charge is 0.435 e. The van der Waals surface area contributed by atoms with E-state index in [-0.39, 0.29) is 5.75 Å². The quantitative estimate of drug-likeness (QED) is 0.736. The molecule has 0 aliphatic heterocycles. The maximum absolute atomic E-state index is 13.4. The Balaban J connectivity index is 2.41. The van der Waals surface area contributed by atoms with E-state index in [1.807, 2.05) is 0 Å². The first-order chi connectivity index (χ1) is 8.88. The van der Waals surface area contributed by atoms with Gasteiger partial charge in [-0.25, -0.2) is 9.37 Å². The van der Waals surface area contributed by atoms with Crippen LogP contribution in [0.25, 0.3) is 0 Å². The van der Waals surface area contributed by atoms with Gasteiger partial charge in [-0.3, -0.25) is 0 Å². The zero-order valence-electron chi connectivity index (χ0n) is 9.21. The smallest absolute Gasteiger partial charge is 0.421 e. The van der Waals surface area contributed by atoms with Gasteiger partial charge in [0.1, 0.15) is 5.56 Å². The molecule has 0 saturated heterocycles. The highest BCUT2D eigenvalue weighted by Crippen LogP contribution is 2.37. The van der Waals surface area contributed by atoms with Gasteiger partial charge in [0.05, 0.1) is 0 Å². The lowest BCUT2D eigenvalue weighted by atomic mass is 10.2. The number of aromatic nitrogens is 1. The standard InChI is InChI=1S/C12H6BrF4NO/c13-7-3-4-9(14)10(6-7)19-11-8(12(15,16)17)2-1-5-18-11/h1-6H. The fourth-order valence-corrected chi connectivity index (χ4v) is 1.69. The number of hydrogen-bond donors (Lipinski definition) is 0. The van der Waals surface area contributed by atoms with Gasteiger partial charge >= 0.3 is 6.18 Å². The molecule has 0 spiro atoms. The molecule has 0 amide bonds. The number of hydrogen-bond acceptors (Lipinski definition) is 2. The molecule has 0 aliphatic rings. The van der Waals surface area contributed by atoms with E-state index >= 15 is 0 Å². The highest BCUT2D eigenvalue weighted by Gasteiger charge is 2.35. The lowest BCUT2D eigenvalue weighted by molar-refractivity contribution is -0.138. The second-order valence-electron chi connectivity index (χ2n) is 3.53. The fourth-order valence-electron chi connectivity index (χ4n) is 1.35. The maximum Gasteiger partial charge on any atom is 0.421 e. The Morgan fingerprint density at radius 2 is 1.89 bits per heavy atom. The van der Waals surface area contributed by atoms with Crippen molar-refractivity contribution in [2.24, 2.45) is 0 Å². The van der Waals surface area contributed by atoms with Crippen LogP contribution in [0.15, 0.2) is 41.0 Å². The highest BCUT2D eigenvalue weighted by atomic mass is 79.9. The van der Waals surface area contributed by atoms with Crippen LogP contribution in [0.4, 0.5) is 17.6 Å². The topological polar surface area (TPSA) is 22.1 Å². The summed E-state index contributed by atoms with van der Waals surface area (Å²) in [6.07, 6.45) is -3.48. The van der Waals surface area contributed by atoms with Crippen LogP contribution in [-0.4, -0.2) is 4.98 Å². The fraction of sp³-hybridized carbons (Fsp3) is 0.0833. The van der Waals surface area contributed by atoms with E-state index in [1.54, 1.807) is 0 Å². The van der Waals surface area contributed by atoms with Crippen LogP contribution in [0, 0.1) is 5.82 Å². The molecule has 1 aromatic heterocycles. The number of rotatable bonds is 2. The van der Waals surface area contributed by atoms with Crippen molar-refractivity contribution in [2.75, 3.05) is 0 Å². The van der Waals surface area contributed by atoms with Gasteiger partial charge in [-0.15, -0.1) is 0 Å². The summed E-state index contributed by atoms with van der Waals surface area (Å²) in [5.41, 5.74) is -1.06. The van der Waals surface area contributed by atoms with Crippen LogP contribution in [0.3, 0.4) is 0 Å². The van der Waals surface area contributed by atoms with Crippen LogP contribution in [0.5, 0.6) is 11.6 Å². The molecule has 1 aromatic carbocycles. The van der Waals surface area contributed by atoms with Gasteiger partial charge in [-0.05, 0) is 30.3 Å². The molecule has 0 atom stereocenters. The number of ether oxygens (including phenoxy) is 1. The molecule has 7 heteroatoms. The Bertz CT molecular complexity index is 601. The number of nitrogens with zero attached hydrogens (tertiary/aromatic N) is 1. The Hall–Kier alpha value is -1.63. The van der Waals surface area contributed by atoms with Crippen molar-refractivity contribution in [3.05, 3.63) is 52.4 Å². The first kappa shape index (κ1) is 13.8. The van der Waals surface area contributed by atoms with Gasteiger partial charge in [-0.2, -0.15) is 13.2 Å². The average molecular weight is 336 g/mol. The Kier molecular flexibility index (Phi) is 3.75. The Morgan fingerprint density at radius 3 is 2.58 bits per heavy atom. The summed E-state index contributed by atoms with van der Waals surface area (Å²) in [7, 11) is 0. The van der Waals surface area contributed by atoms with E-state index in [2.05, 4.69) is 20.9 Å². The summed E-state index contributed by atoms with van der Waals surface area (Å²) >= 11 is 3.08. The Morgan fingerprint density at radius 1 is 1.16 bits per heavy atom. The molecule has 0 saturated carbocycles. The molecule has 0 N–H and O–H groups in total. The van der Waals surface area contributed by atoms with Crippen molar-refractivity contribution in [3.8, 4) is 11.6 Å². The van der Waals surface area contributed by atoms with Crippen molar-refractivity contribution in [2.45, 2.75) is 6.18 Å². The minimum absolute atomic E-state index is 0.335. The van der Waals surface area contributed by atoms with Crippen molar-refractivity contribution in [3.63, 3.8) is 0 Å². The van der Waals surface area contributed by atoms with Crippen LogP contribution in [-0.2, 0) is 6.18 Å². The van der Waals surface area contributed by atoms with Gasteiger partial charge in [0.2, 0.25) is 5.88 Å². The summed E-state index contributed by atoms with van der Waals surface area (Å²) in [4.78, 5) is 3.49. The average Bonchev–Trinajstić information content (AvgIpc) is 2.33. The predicted molar refractivity (Wildman–Crippen MR) is 63.4 cm³/mol. The number of halogens is 5. The summed E-state index contributed by atoms with van der Waals surface area (Å²) in [5, 5.41) is 0. The van der Waals surface area contributed by atoms with E-state index in [0.717, 1.165) is 24.4 Å². The minimum Gasteiger partial charge on any atom is -0.435 e. The molecule has 0 unspecified atom stereocenters. The van der Waals surface area contributed by atoms with E-state index < -0.39 is 23.4 Å². The molecular formula is C12H6BrF4NO. The van der Waals surface area contributed by atoms with Crippen LogP contribution in [0.2, 0.25) is 0 Å². The number of pyridine rings is 1. The third-order valence-corrected chi connectivity index (χ3v) is 2.67. The molecule has 2 rings (SSSR count). The first-order valence-corrected chi connectivity index (χ1v) is 5.82. The van der Waals surface area contributed by atoms with E-state index in [9.17, 15) is 17.6 Å². The summed E-state index contributed by atoms with van der Waals surface area (Å²) in [6, 6.07) is 5.66. The third kappa shape index (κ3) is 3.23. The Labute approximate surface area is 114 Å². The summed E-state index contributed by atoms with van der Waals surface area (Å²) in [5.74, 6) is -1.80. The van der Waals surface area contributed by atoms with Crippen molar-refractivity contribution in [1.29, 1.82) is 0 Å². The molecular weight excluding hydrogens is 330 g/mol. The van der Waals surface area contributed by atoms with Gasteiger partial charge in [0, 0.05) is 10.7 Å². The molecule has 19 heavy (non-hydrogen) atoms. The molecule has 0 radical (unpaired) electrons. The van der Waals surface area contributed by atoms with Gasteiger partial charge in [0.15, 0.2) is 11.6 Å². The highest BCUT2D eigenvalue weighted by molar-refractivity contribution is 9.10. The van der Waals surface area contributed by atoms with Gasteiger partial charge in [-0.1, -0.05) is 15.9 Å². The second-order valence-corrected chi connectivity index (χ2v) is 4.45. The second kappa shape index (κ2) is 5.16. The van der Waals surface area contributed by atoms with Gasteiger partial charge in [0.25, 0.3) is 0 Å². The number of benzene rings is 1. The van der Waals surface area contributed by atoms with E-state index in [1.165, 1.54) is 12.1 Å². The van der Waals surface area contributed by atoms with E-state index in [0.29, 0.717) is 4.47 Å². The normalized spacial score (nSPS) is 11.4. The summed E-state index contributed by atoms with van der Waals surface area (Å²) in [6.45, 7) is 0. The molecule has 2 aromatic rings. The first-order valence-electron chi connectivity index (χ1n) is 5.03. The molecule has 0 bridgehead atoms. The molecule has 0 fully saturated rings. The zero-order chi connectivity index (χ0) is 14.0. The minimum atomic E-state index is -4.62.